The summed E-state index contributed by atoms with van der Waals surface area (Å²) in [6.45, 7) is 8.56. The summed E-state index contributed by atoms with van der Waals surface area (Å²) in [5.41, 5.74) is -0.487. The molecule has 1 atom stereocenters. The highest BCUT2D eigenvalue weighted by Crippen LogP contribution is 2.38. The van der Waals surface area contributed by atoms with Crippen LogP contribution in [0.1, 0.15) is 72.6 Å². The number of carbonyl (C=O) groups excluding carboxylic acids is 1. The number of nitrogens with zero attached hydrogens (tertiary/aromatic N) is 1. The standard InChI is InChI=1S/C16H28N2O/c1-5-8-16(12-17,9-6-2)14(19)18-13-7-10-15(3,4)11-13/h13H,5-11H2,1-4H3,(H,18,19). The summed E-state index contributed by atoms with van der Waals surface area (Å²) in [5, 5.41) is 12.6. The Morgan fingerprint density at radius 1 is 1.37 bits per heavy atom. The molecule has 1 rings (SSSR count). The Labute approximate surface area is 117 Å². The summed E-state index contributed by atoms with van der Waals surface area (Å²) in [6, 6.07) is 2.55. The highest BCUT2D eigenvalue weighted by atomic mass is 16.2. The third-order valence-corrected chi connectivity index (χ3v) is 4.31. The average Bonchev–Trinajstić information content (AvgIpc) is 2.68. The molecule has 0 aliphatic heterocycles. The van der Waals surface area contributed by atoms with Gasteiger partial charge in [0.2, 0.25) is 5.91 Å². The Hall–Kier alpha value is -1.04. The first-order chi connectivity index (χ1) is 8.89. The van der Waals surface area contributed by atoms with Crippen LogP contribution in [0.15, 0.2) is 0 Å². The number of rotatable bonds is 6. The van der Waals surface area contributed by atoms with E-state index in [4.69, 9.17) is 0 Å². The number of carbonyl (C=O) groups is 1. The highest BCUT2D eigenvalue weighted by Gasteiger charge is 2.40. The van der Waals surface area contributed by atoms with Gasteiger partial charge in [0, 0.05) is 6.04 Å². The fraction of sp³-hybridized carbons (Fsp3) is 0.875. The molecule has 0 heterocycles. The van der Waals surface area contributed by atoms with Gasteiger partial charge in [0.1, 0.15) is 5.41 Å². The van der Waals surface area contributed by atoms with Gasteiger partial charge in [-0.15, -0.1) is 0 Å². The van der Waals surface area contributed by atoms with Gasteiger partial charge in [-0.2, -0.15) is 5.26 Å². The van der Waals surface area contributed by atoms with Crippen LogP contribution in [-0.4, -0.2) is 11.9 Å². The van der Waals surface area contributed by atoms with Gasteiger partial charge in [-0.25, -0.2) is 0 Å². The molecule has 3 nitrogen and oxygen atoms in total. The zero-order valence-electron chi connectivity index (χ0n) is 12.9. The van der Waals surface area contributed by atoms with Crippen molar-refractivity contribution in [2.24, 2.45) is 10.8 Å². The van der Waals surface area contributed by atoms with Gasteiger partial charge in [-0.3, -0.25) is 4.79 Å². The third-order valence-electron chi connectivity index (χ3n) is 4.31. The number of nitrogens with one attached hydrogen (secondary N) is 1. The second-order valence-electron chi connectivity index (χ2n) is 6.77. The maximum absolute atomic E-state index is 12.5. The third kappa shape index (κ3) is 3.96. The molecular formula is C16H28N2O. The molecule has 0 aromatic rings. The van der Waals surface area contributed by atoms with Crippen LogP contribution >= 0.6 is 0 Å². The Morgan fingerprint density at radius 3 is 2.32 bits per heavy atom. The Kier molecular flexibility index (Phi) is 5.40. The van der Waals surface area contributed by atoms with Crippen molar-refractivity contribution in [3.8, 4) is 6.07 Å². The van der Waals surface area contributed by atoms with Crippen LogP contribution in [0.2, 0.25) is 0 Å². The van der Waals surface area contributed by atoms with E-state index in [0.717, 1.165) is 32.1 Å². The van der Waals surface area contributed by atoms with E-state index < -0.39 is 5.41 Å². The smallest absolute Gasteiger partial charge is 0.240 e. The number of nitriles is 1. The lowest BCUT2D eigenvalue weighted by atomic mass is 9.79. The van der Waals surface area contributed by atoms with Crippen LogP contribution in [0.3, 0.4) is 0 Å². The van der Waals surface area contributed by atoms with E-state index in [2.05, 4.69) is 25.2 Å². The minimum Gasteiger partial charge on any atom is -0.352 e. The van der Waals surface area contributed by atoms with Crippen molar-refractivity contribution in [1.29, 1.82) is 5.26 Å². The fourth-order valence-electron chi connectivity index (χ4n) is 3.25. The second kappa shape index (κ2) is 6.41. The lowest BCUT2D eigenvalue weighted by molar-refractivity contribution is -0.129. The van der Waals surface area contributed by atoms with Gasteiger partial charge in [0.15, 0.2) is 0 Å². The maximum atomic E-state index is 12.5. The van der Waals surface area contributed by atoms with E-state index >= 15 is 0 Å². The van der Waals surface area contributed by atoms with E-state index in [9.17, 15) is 10.1 Å². The van der Waals surface area contributed by atoms with E-state index in [1.54, 1.807) is 0 Å². The molecule has 19 heavy (non-hydrogen) atoms. The molecule has 1 aliphatic carbocycles. The molecule has 0 aromatic heterocycles. The van der Waals surface area contributed by atoms with Gasteiger partial charge in [-0.05, 0) is 37.5 Å². The minimum absolute atomic E-state index is 0.0404. The molecule has 1 unspecified atom stereocenters. The van der Waals surface area contributed by atoms with Crippen LogP contribution in [0.25, 0.3) is 0 Å². The van der Waals surface area contributed by atoms with Crippen LogP contribution in [-0.2, 0) is 4.79 Å². The SMILES string of the molecule is CCCC(C#N)(CCC)C(=O)NC1CCC(C)(C)C1. The Balaban J connectivity index is 2.70. The number of hydrogen-bond acceptors (Lipinski definition) is 2. The lowest BCUT2D eigenvalue weighted by Gasteiger charge is -2.27. The second-order valence-corrected chi connectivity index (χ2v) is 6.77. The Morgan fingerprint density at radius 2 is 1.95 bits per heavy atom. The quantitative estimate of drug-likeness (QED) is 0.793. The van der Waals surface area contributed by atoms with Gasteiger partial charge in [0.25, 0.3) is 0 Å². The predicted octanol–water partition coefficient (Wildman–Crippen LogP) is 3.79. The van der Waals surface area contributed by atoms with Crippen molar-refractivity contribution in [3.05, 3.63) is 0 Å². The number of hydrogen-bond donors (Lipinski definition) is 1. The summed E-state index contributed by atoms with van der Waals surface area (Å²) in [7, 11) is 0. The Bertz CT molecular complexity index is 348. The molecule has 0 aromatic carbocycles. The van der Waals surface area contributed by atoms with E-state index in [-0.39, 0.29) is 11.9 Å². The first kappa shape index (κ1) is 16.0. The van der Waals surface area contributed by atoms with Crippen LogP contribution in [0, 0.1) is 22.2 Å². The van der Waals surface area contributed by atoms with E-state index in [1.165, 1.54) is 0 Å². The monoisotopic (exact) mass is 264 g/mol. The van der Waals surface area contributed by atoms with Crippen molar-refractivity contribution >= 4 is 5.91 Å². The number of amides is 1. The molecule has 1 saturated carbocycles. The summed E-state index contributed by atoms with van der Waals surface area (Å²) < 4.78 is 0. The van der Waals surface area contributed by atoms with Crippen molar-refractivity contribution < 1.29 is 4.79 Å². The normalized spacial score (nSPS) is 21.9. The fourth-order valence-corrected chi connectivity index (χ4v) is 3.25. The van der Waals surface area contributed by atoms with Gasteiger partial charge >= 0.3 is 0 Å². The van der Waals surface area contributed by atoms with E-state index in [0.29, 0.717) is 18.3 Å². The van der Waals surface area contributed by atoms with Crippen LogP contribution in [0.4, 0.5) is 0 Å². The van der Waals surface area contributed by atoms with Crippen LogP contribution in [0.5, 0.6) is 0 Å². The van der Waals surface area contributed by atoms with Crippen molar-refractivity contribution in [2.45, 2.75) is 78.7 Å². The zero-order chi connectivity index (χ0) is 14.5. The average molecular weight is 264 g/mol. The molecule has 1 N–H and O–H groups in total. The molecule has 0 radical (unpaired) electrons. The summed E-state index contributed by atoms with van der Waals surface area (Å²) in [6.07, 6.45) is 6.29. The van der Waals surface area contributed by atoms with Gasteiger partial charge in [0.05, 0.1) is 6.07 Å². The van der Waals surface area contributed by atoms with Crippen molar-refractivity contribution in [3.63, 3.8) is 0 Å². The van der Waals surface area contributed by atoms with Crippen molar-refractivity contribution in [1.82, 2.24) is 5.32 Å². The molecule has 0 bridgehead atoms. The lowest BCUT2D eigenvalue weighted by Crippen LogP contribution is -2.44. The molecule has 1 amide bonds. The molecule has 1 fully saturated rings. The molecular weight excluding hydrogens is 236 g/mol. The summed E-state index contributed by atoms with van der Waals surface area (Å²) in [4.78, 5) is 12.5. The first-order valence-electron chi connectivity index (χ1n) is 7.61. The largest absolute Gasteiger partial charge is 0.352 e. The molecule has 0 spiro atoms. The topological polar surface area (TPSA) is 52.9 Å². The minimum atomic E-state index is -0.809. The predicted molar refractivity (Wildman–Crippen MR) is 77.4 cm³/mol. The van der Waals surface area contributed by atoms with Crippen molar-refractivity contribution in [2.75, 3.05) is 0 Å². The summed E-state index contributed by atoms with van der Waals surface area (Å²) in [5.74, 6) is -0.0404. The molecule has 3 heteroatoms. The van der Waals surface area contributed by atoms with Gasteiger partial charge in [-0.1, -0.05) is 40.5 Å². The van der Waals surface area contributed by atoms with Crippen LogP contribution < -0.4 is 5.32 Å². The van der Waals surface area contributed by atoms with Gasteiger partial charge < -0.3 is 5.32 Å². The first-order valence-corrected chi connectivity index (χ1v) is 7.61. The molecule has 0 saturated heterocycles. The highest BCUT2D eigenvalue weighted by molar-refractivity contribution is 5.85. The van der Waals surface area contributed by atoms with E-state index in [1.807, 2.05) is 13.8 Å². The molecule has 1 aliphatic rings. The summed E-state index contributed by atoms with van der Waals surface area (Å²) >= 11 is 0. The maximum Gasteiger partial charge on any atom is 0.240 e. The zero-order valence-corrected chi connectivity index (χ0v) is 12.9. The molecule has 108 valence electrons.